The van der Waals surface area contributed by atoms with Crippen molar-refractivity contribution >= 4 is 5.69 Å². The van der Waals surface area contributed by atoms with Crippen molar-refractivity contribution in [1.29, 1.82) is 0 Å². The maximum atomic E-state index is 9.37. The maximum Gasteiger partial charge on any atom is 0.0528 e. The Bertz CT molecular complexity index is 319. The number of nitrogens with two attached hydrogens (primary N) is 1. The summed E-state index contributed by atoms with van der Waals surface area (Å²) in [6.07, 6.45) is 0.538. The smallest absolute Gasteiger partial charge is 0.0528 e. The third-order valence-electron chi connectivity index (χ3n) is 2.91. The standard InChI is InChI=1S/C14H24N2O/c1-11(2)16(9-8-12(3)17)14-6-4-13(10-15)5-7-14/h4-7,11-12,17H,8-10,15H2,1-3H3. The van der Waals surface area contributed by atoms with Crippen LogP contribution in [0.2, 0.25) is 0 Å². The van der Waals surface area contributed by atoms with Gasteiger partial charge < -0.3 is 15.7 Å². The van der Waals surface area contributed by atoms with E-state index in [2.05, 4.69) is 43.0 Å². The van der Waals surface area contributed by atoms with Crippen LogP contribution in [-0.4, -0.2) is 23.8 Å². The van der Waals surface area contributed by atoms with Gasteiger partial charge in [0, 0.05) is 24.8 Å². The monoisotopic (exact) mass is 236 g/mol. The molecule has 0 amide bonds. The van der Waals surface area contributed by atoms with Crippen molar-refractivity contribution in [3.63, 3.8) is 0 Å². The van der Waals surface area contributed by atoms with Crippen molar-refractivity contribution in [1.82, 2.24) is 0 Å². The minimum absolute atomic E-state index is 0.250. The van der Waals surface area contributed by atoms with Gasteiger partial charge in [-0.2, -0.15) is 0 Å². The molecule has 0 aliphatic carbocycles. The first-order valence-electron chi connectivity index (χ1n) is 6.28. The zero-order valence-corrected chi connectivity index (χ0v) is 11.1. The second kappa shape index (κ2) is 6.62. The highest BCUT2D eigenvalue weighted by Gasteiger charge is 2.11. The summed E-state index contributed by atoms with van der Waals surface area (Å²) in [5, 5.41) is 9.37. The lowest BCUT2D eigenvalue weighted by Crippen LogP contribution is -2.33. The minimum atomic E-state index is -0.250. The van der Waals surface area contributed by atoms with Gasteiger partial charge in [0.15, 0.2) is 0 Å². The Kier molecular flexibility index (Phi) is 5.45. The summed E-state index contributed by atoms with van der Waals surface area (Å²) in [5.41, 5.74) is 7.93. The van der Waals surface area contributed by atoms with E-state index in [1.807, 2.05) is 6.92 Å². The molecule has 0 aromatic heterocycles. The van der Waals surface area contributed by atoms with Crippen LogP contribution in [0, 0.1) is 0 Å². The summed E-state index contributed by atoms with van der Waals surface area (Å²) >= 11 is 0. The lowest BCUT2D eigenvalue weighted by Gasteiger charge is -2.29. The summed E-state index contributed by atoms with van der Waals surface area (Å²) < 4.78 is 0. The SMILES string of the molecule is CC(O)CCN(c1ccc(CN)cc1)C(C)C. The van der Waals surface area contributed by atoms with Crippen LogP contribution in [0.1, 0.15) is 32.8 Å². The molecule has 0 saturated heterocycles. The van der Waals surface area contributed by atoms with Crippen molar-refractivity contribution in [3.8, 4) is 0 Å². The summed E-state index contributed by atoms with van der Waals surface area (Å²) in [7, 11) is 0. The van der Waals surface area contributed by atoms with Crippen LogP contribution in [-0.2, 0) is 6.54 Å². The molecule has 0 fully saturated rings. The van der Waals surface area contributed by atoms with Crippen LogP contribution in [0.25, 0.3) is 0 Å². The normalized spacial score (nSPS) is 12.8. The number of rotatable bonds is 6. The van der Waals surface area contributed by atoms with Crippen LogP contribution >= 0.6 is 0 Å². The average Bonchev–Trinajstić information content (AvgIpc) is 2.29. The fourth-order valence-electron chi connectivity index (χ4n) is 1.83. The number of aliphatic hydroxyl groups is 1. The van der Waals surface area contributed by atoms with Crippen molar-refractivity contribution in [2.24, 2.45) is 5.73 Å². The predicted octanol–water partition coefficient (Wildman–Crippen LogP) is 2.13. The average molecular weight is 236 g/mol. The number of aliphatic hydroxyl groups excluding tert-OH is 1. The van der Waals surface area contributed by atoms with Crippen LogP contribution in [0.5, 0.6) is 0 Å². The quantitative estimate of drug-likeness (QED) is 0.795. The van der Waals surface area contributed by atoms with Crippen molar-refractivity contribution in [2.45, 2.75) is 45.9 Å². The summed E-state index contributed by atoms with van der Waals surface area (Å²) in [4.78, 5) is 2.30. The lowest BCUT2D eigenvalue weighted by molar-refractivity contribution is 0.186. The van der Waals surface area contributed by atoms with Crippen molar-refractivity contribution < 1.29 is 5.11 Å². The molecule has 1 aromatic rings. The van der Waals surface area contributed by atoms with E-state index in [1.54, 1.807) is 0 Å². The molecule has 0 aliphatic heterocycles. The highest BCUT2D eigenvalue weighted by molar-refractivity contribution is 5.48. The first kappa shape index (κ1) is 14.0. The molecule has 0 bridgehead atoms. The van der Waals surface area contributed by atoms with Gasteiger partial charge in [-0.15, -0.1) is 0 Å². The van der Waals surface area contributed by atoms with E-state index >= 15 is 0 Å². The molecule has 3 nitrogen and oxygen atoms in total. The lowest BCUT2D eigenvalue weighted by atomic mass is 10.1. The number of nitrogens with zero attached hydrogens (tertiary/aromatic N) is 1. The third-order valence-corrected chi connectivity index (χ3v) is 2.91. The van der Waals surface area contributed by atoms with Crippen LogP contribution in [0.3, 0.4) is 0 Å². The first-order chi connectivity index (χ1) is 8.04. The van der Waals surface area contributed by atoms with Gasteiger partial charge in [0.1, 0.15) is 0 Å². The molecule has 3 heteroatoms. The zero-order chi connectivity index (χ0) is 12.8. The largest absolute Gasteiger partial charge is 0.393 e. The van der Waals surface area contributed by atoms with E-state index in [0.717, 1.165) is 18.5 Å². The molecule has 17 heavy (non-hydrogen) atoms. The van der Waals surface area contributed by atoms with E-state index < -0.39 is 0 Å². The topological polar surface area (TPSA) is 49.5 Å². The van der Waals surface area contributed by atoms with Gasteiger partial charge >= 0.3 is 0 Å². The van der Waals surface area contributed by atoms with Crippen LogP contribution < -0.4 is 10.6 Å². The summed E-state index contributed by atoms with van der Waals surface area (Å²) in [6.45, 7) is 7.61. The Morgan fingerprint density at radius 2 is 1.76 bits per heavy atom. The van der Waals surface area contributed by atoms with E-state index in [9.17, 15) is 5.11 Å². The second-order valence-electron chi connectivity index (χ2n) is 4.80. The molecule has 1 atom stereocenters. The van der Waals surface area contributed by atoms with Gasteiger partial charge in [0.05, 0.1) is 6.10 Å². The Morgan fingerprint density at radius 1 is 1.18 bits per heavy atom. The number of anilines is 1. The van der Waals surface area contributed by atoms with Gasteiger partial charge in [-0.3, -0.25) is 0 Å². The van der Waals surface area contributed by atoms with Gasteiger partial charge in [0.25, 0.3) is 0 Å². The minimum Gasteiger partial charge on any atom is -0.393 e. The third kappa shape index (κ3) is 4.36. The molecular weight excluding hydrogens is 212 g/mol. The highest BCUT2D eigenvalue weighted by atomic mass is 16.3. The summed E-state index contributed by atoms with van der Waals surface area (Å²) in [5.74, 6) is 0. The number of benzene rings is 1. The molecule has 96 valence electrons. The molecule has 0 spiro atoms. The molecule has 0 aliphatic rings. The number of hydrogen-bond donors (Lipinski definition) is 2. The van der Waals surface area contributed by atoms with E-state index in [1.165, 1.54) is 5.69 Å². The molecule has 3 N–H and O–H groups in total. The zero-order valence-electron chi connectivity index (χ0n) is 11.1. The summed E-state index contributed by atoms with van der Waals surface area (Å²) in [6, 6.07) is 8.76. The van der Waals surface area contributed by atoms with Crippen LogP contribution in [0.4, 0.5) is 5.69 Å². The first-order valence-corrected chi connectivity index (χ1v) is 6.28. The molecule has 1 rings (SSSR count). The van der Waals surface area contributed by atoms with Crippen molar-refractivity contribution in [3.05, 3.63) is 29.8 Å². The Morgan fingerprint density at radius 3 is 2.18 bits per heavy atom. The Hall–Kier alpha value is -1.06. The molecule has 0 saturated carbocycles. The molecule has 0 heterocycles. The maximum absolute atomic E-state index is 9.37. The molecule has 1 unspecified atom stereocenters. The fourth-order valence-corrected chi connectivity index (χ4v) is 1.83. The van der Waals surface area contributed by atoms with E-state index in [-0.39, 0.29) is 6.10 Å². The van der Waals surface area contributed by atoms with Crippen LogP contribution in [0.15, 0.2) is 24.3 Å². The van der Waals surface area contributed by atoms with Crippen molar-refractivity contribution in [2.75, 3.05) is 11.4 Å². The van der Waals surface area contributed by atoms with Gasteiger partial charge in [-0.25, -0.2) is 0 Å². The second-order valence-corrected chi connectivity index (χ2v) is 4.80. The Balaban J connectivity index is 2.74. The van der Waals surface area contributed by atoms with Gasteiger partial charge in [0.2, 0.25) is 0 Å². The molecule has 1 aromatic carbocycles. The Labute approximate surface area is 104 Å². The number of hydrogen-bond acceptors (Lipinski definition) is 3. The van der Waals surface area contributed by atoms with Gasteiger partial charge in [-0.05, 0) is 44.9 Å². The molecular formula is C14H24N2O. The highest BCUT2D eigenvalue weighted by Crippen LogP contribution is 2.18. The van der Waals surface area contributed by atoms with Gasteiger partial charge in [-0.1, -0.05) is 12.1 Å². The molecule has 0 radical (unpaired) electrons. The fraction of sp³-hybridized carbons (Fsp3) is 0.571. The van der Waals surface area contributed by atoms with E-state index in [4.69, 9.17) is 5.73 Å². The predicted molar refractivity (Wildman–Crippen MR) is 73.1 cm³/mol. The van der Waals surface area contributed by atoms with E-state index in [0.29, 0.717) is 12.6 Å².